The molecule has 0 bridgehead atoms. The average molecular weight is 507 g/mol. The van der Waals surface area contributed by atoms with Crippen molar-refractivity contribution >= 4 is 23.3 Å². The van der Waals surface area contributed by atoms with Crippen LogP contribution in [0.15, 0.2) is 61.7 Å². The van der Waals surface area contributed by atoms with E-state index < -0.39 is 11.9 Å². The maximum Gasteiger partial charge on any atom is 0.337 e. The van der Waals surface area contributed by atoms with Crippen molar-refractivity contribution in [3.05, 3.63) is 84.0 Å². The lowest BCUT2D eigenvalue weighted by Gasteiger charge is -2.26. The van der Waals surface area contributed by atoms with Gasteiger partial charge in [-0.3, -0.25) is 0 Å². The van der Waals surface area contributed by atoms with Gasteiger partial charge in [0.1, 0.15) is 0 Å². The Morgan fingerprint density at radius 2 is 1.14 bits per heavy atom. The third-order valence-corrected chi connectivity index (χ3v) is 6.43. The second kappa shape index (κ2) is 15.5. The standard InChI is InChI=1S/C31H42N2O4/c1-5-9-11-19-32(17-7-3)28-15-13-24(22-26(28)30(34)35)21-25-14-16-29(27(23-25)31(36)37)33(18-8-4)20-12-10-6-2/h7-8,13-16,22-23H,3-6,9-12,17-21H2,1-2H3,(H,34,35)(H,36,37). The van der Waals surface area contributed by atoms with E-state index in [9.17, 15) is 19.8 Å². The van der Waals surface area contributed by atoms with E-state index in [1.54, 1.807) is 24.3 Å². The van der Waals surface area contributed by atoms with Crippen molar-refractivity contribution < 1.29 is 19.8 Å². The molecule has 37 heavy (non-hydrogen) atoms. The molecule has 0 amide bonds. The fourth-order valence-corrected chi connectivity index (χ4v) is 4.55. The Balaban J connectivity index is 2.36. The molecule has 2 N–H and O–H groups in total. The van der Waals surface area contributed by atoms with Crippen LogP contribution in [0.1, 0.15) is 84.2 Å². The fourth-order valence-electron chi connectivity index (χ4n) is 4.55. The van der Waals surface area contributed by atoms with Crippen LogP contribution in [0.25, 0.3) is 0 Å². The van der Waals surface area contributed by atoms with Crippen molar-refractivity contribution in [1.29, 1.82) is 0 Å². The molecule has 0 aliphatic heterocycles. The monoisotopic (exact) mass is 506 g/mol. The molecule has 0 aromatic heterocycles. The number of benzene rings is 2. The molecule has 0 aliphatic rings. The van der Waals surface area contributed by atoms with Gasteiger partial charge in [-0.25, -0.2) is 9.59 Å². The van der Waals surface area contributed by atoms with Crippen LogP contribution in [0.5, 0.6) is 0 Å². The second-order valence-corrected chi connectivity index (χ2v) is 9.37. The van der Waals surface area contributed by atoms with Gasteiger partial charge >= 0.3 is 11.9 Å². The minimum atomic E-state index is -0.977. The third kappa shape index (κ3) is 8.81. The first kappa shape index (κ1) is 29.7. The molecule has 0 radical (unpaired) electrons. The highest BCUT2D eigenvalue weighted by Crippen LogP contribution is 2.27. The number of unbranched alkanes of at least 4 members (excludes halogenated alkanes) is 4. The van der Waals surface area contributed by atoms with Crippen LogP contribution in [0, 0.1) is 0 Å². The highest BCUT2D eigenvalue weighted by Gasteiger charge is 2.19. The van der Waals surface area contributed by atoms with Crippen LogP contribution < -0.4 is 9.80 Å². The summed E-state index contributed by atoms with van der Waals surface area (Å²) in [5.41, 5.74) is 3.51. The Morgan fingerprint density at radius 3 is 1.46 bits per heavy atom. The van der Waals surface area contributed by atoms with Crippen LogP contribution in [-0.2, 0) is 6.42 Å². The Labute approximate surface area is 221 Å². The minimum absolute atomic E-state index is 0.249. The molecule has 2 rings (SSSR count). The summed E-state index contributed by atoms with van der Waals surface area (Å²) in [4.78, 5) is 28.4. The number of aromatic carboxylic acids is 2. The Hall–Kier alpha value is -3.54. The molecule has 0 saturated carbocycles. The number of anilines is 2. The number of rotatable bonds is 18. The molecule has 200 valence electrons. The van der Waals surface area contributed by atoms with Crippen LogP contribution in [0.3, 0.4) is 0 Å². The molecule has 2 aromatic rings. The number of hydrogen-bond acceptors (Lipinski definition) is 4. The molecule has 2 aromatic carbocycles. The minimum Gasteiger partial charge on any atom is -0.478 e. The zero-order chi connectivity index (χ0) is 27.2. The van der Waals surface area contributed by atoms with Crippen molar-refractivity contribution in [2.75, 3.05) is 36.0 Å². The highest BCUT2D eigenvalue weighted by atomic mass is 16.4. The summed E-state index contributed by atoms with van der Waals surface area (Å²) in [6.45, 7) is 14.6. The maximum atomic E-state index is 12.2. The van der Waals surface area contributed by atoms with Gasteiger partial charge in [0, 0.05) is 26.2 Å². The predicted molar refractivity (Wildman–Crippen MR) is 153 cm³/mol. The first-order valence-corrected chi connectivity index (χ1v) is 13.3. The maximum absolute atomic E-state index is 12.2. The smallest absolute Gasteiger partial charge is 0.337 e. The van der Waals surface area contributed by atoms with E-state index >= 15 is 0 Å². The number of nitrogens with zero attached hydrogens (tertiary/aromatic N) is 2. The van der Waals surface area contributed by atoms with E-state index in [4.69, 9.17) is 0 Å². The largest absolute Gasteiger partial charge is 0.478 e. The van der Waals surface area contributed by atoms with Crippen molar-refractivity contribution in [2.45, 2.75) is 58.8 Å². The molecule has 0 atom stereocenters. The van der Waals surface area contributed by atoms with Gasteiger partial charge < -0.3 is 20.0 Å². The lowest BCUT2D eigenvalue weighted by atomic mass is 9.98. The summed E-state index contributed by atoms with van der Waals surface area (Å²) < 4.78 is 0. The molecule has 6 nitrogen and oxygen atoms in total. The Bertz CT molecular complexity index is 980. The summed E-state index contributed by atoms with van der Waals surface area (Å²) in [7, 11) is 0. The summed E-state index contributed by atoms with van der Waals surface area (Å²) in [5.74, 6) is -1.95. The van der Waals surface area contributed by atoms with E-state index in [0.29, 0.717) is 30.9 Å². The number of hydrogen-bond donors (Lipinski definition) is 2. The van der Waals surface area contributed by atoms with Crippen LogP contribution in [0.4, 0.5) is 11.4 Å². The molecule has 0 aliphatic carbocycles. The SMILES string of the molecule is C=CCN(CCCCC)c1ccc(Cc2ccc(N(CC=C)CCCCC)c(C(=O)O)c2)cc1C(=O)O. The van der Waals surface area contributed by atoms with E-state index in [-0.39, 0.29) is 11.1 Å². The van der Waals surface area contributed by atoms with Gasteiger partial charge in [0.2, 0.25) is 0 Å². The number of carboxylic acids is 2. The van der Waals surface area contributed by atoms with E-state index in [0.717, 1.165) is 62.7 Å². The molecule has 0 unspecified atom stereocenters. The van der Waals surface area contributed by atoms with Crippen molar-refractivity contribution in [2.24, 2.45) is 0 Å². The predicted octanol–water partition coefficient (Wildman–Crippen LogP) is 7.04. The lowest BCUT2D eigenvalue weighted by Crippen LogP contribution is -2.26. The topological polar surface area (TPSA) is 81.1 Å². The summed E-state index contributed by atoms with van der Waals surface area (Å²) in [5, 5.41) is 19.9. The van der Waals surface area contributed by atoms with Gasteiger partial charge in [-0.05, 0) is 54.7 Å². The van der Waals surface area contributed by atoms with Gasteiger partial charge in [0.25, 0.3) is 0 Å². The lowest BCUT2D eigenvalue weighted by molar-refractivity contribution is 0.0686. The van der Waals surface area contributed by atoms with Gasteiger partial charge in [-0.15, -0.1) is 13.2 Å². The number of carbonyl (C=O) groups is 2. The zero-order valence-electron chi connectivity index (χ0n) is 22.4. The van der Waals surface area contributed by atoms with E-state index in [2.05, 4.69) is 36.8 Å². The van der Waals surface area contributed by atoms with Crippen molar-refractivity contribution in [1.82, 2.24) is 0 Å². The molecule has 0 spiro atoms. The zero-order valence-corrected chi connectivity index (χ0v) is 22.4. The molecule has 0 heterocycles. The average Bonchev–Trinajstić information content (AvgIpc) is 2.88. The molecule has 0 fully saturated rings. The quantitative estimate of drug-likeness (QED) is 0.167. The first-order chi connectivity index (χ1) is 17.9. The van der Waals surface area contributed by atoms with Gasteiger partial charge in [0.05, 0.1) is 22.5 Å². The van der Waals surface area contributed by atoms with Gasteiger partial charge in [-0.1, -0.05) is 63.8 Å². The highest BCUT2D eigenvalue weighted by molar-refractivity contribution is 5.95. The van der Waals surface area contributed by atoms with Crippen LogP contribution in [-0.4, -0.2) is 48.3 Å². The first-order valence-electron chi connectivity index (χ1n) is 13.3. The van der Waals surface area contributed by atoms with Crippen LogP contribution in [0.2, 0.25) is 0 Å². The molecule has 6 heteroatoms. The van der Waals surface area contributed by atoms with Crippen LogP contribution >= 0.6 is 0 Å². The molecular formula is C31H42N2O4. The molecular weight excluding hydrogens is 464 g/mol. The fraction of sp³-hybridized carbons (Fsp3) is 0.419. The third-order valence-electron chi connectivity index (χ3n) is 6.43. The normalized spacial score (nSPS) is 10.6. The summed E-state index contributed by atoms with van der Waals surface area (Å²) >= 11 is 0. The second-order valence-electron chi connectivity index (χ2n) is 9.37. The Kier molecular flexibility index (Phi) is 12.5. The van der Waals surface area contributed by atoms with Gasteiger partial charge in [0.15, 0.2) is 0 Å². The van der Waals surface area contributed by atoms with Crippen molar-refractivity contribution in [3.8, 4) is 0 Å². The Morgan fingerprint density at radius 1 is 0.730 bits per heavy atom. The van der Waals surface area contributed by atoms with Gasteiger partial charge in [-0.2, -0.15) is 0 Å². The summed E-state index contributed by atoms with van der Waals surface area (Å²) in [6, 6.07) is 11.0. The molecule has 0 saturated heterocycles. The van der Waals surface area contributed by atoms with E-state index in [1.807, 2.05) is 24.3 Å². The van der Waals surface area contributed by atoms with E-state index in [1.165, 1.54) is 0 Å². The van der Waals surface area contributed by atoms with Crippen molar-refractivity contribution in [3.63, 3.8) is 0 Å². The number of carboxylic acid groups (broad SMARTS) is 2. The summed E-state index contributed by atoms with van der Waals surface area (Å²) in [6.07, 6.45) is 10.3.